The lowest BCUT2D eigenvalue weighted by molar-refractivity contribution is 0.853. The van der Waals surface area contributed by atoms with Gasteiger partial charge in [0.2, 0.25) is 0 Å². The van der Waals surface area contributed by atoms with Crippen LogP contribution in [0.4, 0.5) is 0 Å². The topological polar surface area (TPSA) is 24.1 Å². The summed E-state index contributed by atoms with van der Waals surface area (Å²) in [5.74, 6) is 0.996. The monoisotopic (exact) mass is 316 g/mol. The van der Waals surface area contributed by atoms with Crippen molar-refractivity contribution >= 4 is 29.1 Å². The van der Waals surface area contributed by atoms with Gasteiger partial charge >= 0.3 is 0 Å². The zero-order chi connectivity index (χ0) is 14.9. The van der Waals surface area contributed by atoms with Crippen molar-refractivity contribution in [3.8, 4) is 0 Å². The second kappa shape index (κ2) is 8.70. The van der Waals surface area contributed by atoms with Gasteiger partial charge in [0.15, 0.2) is 5.11 Å². The molecular weight excluding hydrogens is 296 g/mol. The normalized spacial score (nSPS) is 10.1. The van der Waals surface area contributed by atoms with E-state index in [0.717, 1.165) is 18.8 Å². The molecule has 0 unspecified atom stereocenters. The van der Waals surface area contributed by atoms with E-state index in [-0.39, 0.29) is 0 Å². The highest BCUT2D eigenvalue weighted by atomic mass is 32.2. The Hall–Kier alpha value is -1.52. The van der Waals surface area contributed by atoms with E-state index in [0.29, 0.717) is 5.11 Å². The van der Waals surface area contributed by atoms with Crippen LogP contribution in [-0.2, 0) is 6.54 Å². The van der Waals surface area contributed by atoms with Gasteiger partial charge in [-0.15, -0.1) is 11.8 Å². The minimum atomic E-state index is 0.715. The van der Waals surface area contributed by atoms with Crippen molar-refractivity contribution in [1.29, 1.82) is 0 Å². The molecule has 0 radical (unpaired) electrons. The molecule has 2 rings (SSSR count). The highest BCUT2D eigenvalue weighted by Crippen LogP contribution is 2.15. The standard InChI is InChI=1S/C17H20N2S2/c1-14-7-5-6-8-15(14)13-19-17(20)18-11-12-21-16-9-3-2-4-10-16/h2-10H,11-13H2,1H3,(H2,18,19,20). The molecule has 0 amide bonds. The maximum absolute atomic E-state index is 5.30. The fourth-order valence-corrected chi connectivity index (χ4v) is 2.86. The van der Waals surface area contributed by atoms with Gasteiger partial charge in [-0.3, -0.25) is 0 Å². The SMILES string of the molecule is Cc1ccccc1CNC(=S)NCCSc1ccccc1. The number of rotatable bonds is 6. The Balaban J connectivity index is 1.63. The van der Waals surface area contributed by atoms with Crippen molar-refractivity contribution < 1.29 is 0 Å². The third-order valence-corrected chi connectivity index (χ3v) is 4.40. The summed E-state index contributed by atoms with van der Waals surface area (Å²) in [6.07, 6.45) is 0. The van der Waals surface area contributed by atoms with E-state index < -0.39 is 0 Å². The molecule has 0 aliphatic rings. The van der Waals surface area contributed by atoms with E-state index in [4.69, 9.17) is 12.2 Å². The van der Waals surface area contributed by atoms with E-state index >= 15 is 0 Å². The average Bonchev–Trinajstić information content (AvgIpc) is 2.52. The van der Waals surface area contributed by atoms with Gasteiger partial charge < -0.3 is 10.6 Å². The molecule has 2 aromatic rings. The summed E-state index contributed by atoms with van der Waals surface area (Å²) in [7, 11) is 0. The minimum Gasteiger partial charge on any atom is -0.362 e. The molecule has 0 saturated heterocycles. The van der Waals surface area contributed by atoms with Crippen LogP contribution in [-0.4, -0.2) is 17.4 Å². The second-order valence-corrected chi connectivity index (χ2v) is 6.27. The maximum Gasteiger partial charge on any atom is 0.166 e. The first-order valence-corrected chi connectivity index (χ1v) is 8.39. The van der Waals surface area contributed by atoms with Crippen LogP contribution in [0.1, 0.15) is 11.1 Å². The molecule has 2 N–H and O–H groups in total. The fourth-order valence-electron chi connectivity index (χ4n) is 1.90. The van der Waals surface area contributed by atoms with Crippen molar-refractivity contribution in [3.05, 3.63) is 65.7 Å². The number of thiocarbonyl (C=S) groups is 1. The molecule has 0 aromatic heterocycles. The lowest BCUT2D eigenvalue weighted by atomic mass is 10.1. The summed E-state index contributed by atoms with van der Waals surface area (Å²) in [6.45, 7) is 3.74. The van der Waals surface area contributed by atoms with Crippen LogP contribution in [0.25, 0.3) is 0 Å². The highest BCUT2D eigenvalue weighted by molar-refractivity contribution is 7.99. The van der Waals surface area contributed by atoms with Crippen molar-refractivity contribution in [2.24, 2.45) is 0 Å². The number of nitrogens with one attached hydrogen (secondary N) is 2. The molecule has 0 fully saturated rings. The van der Waals surface area contributed by atoms with Gasteiger partial charge in [-0.25, -0.2) is 0 Å². The van der Waals surface area contributed by atoms with E-state index in [9.17, 15) is 0 Å². The molecule has 0 aliphatic heterocycles. The van der Waals surface area contributed by atoms with E-state index in [1.54, 1.807) is 0 Å². The van der Waals surface area contributed by atoms with Crippen molar-refractivity contribution in [1.82, 2.24) is 10.6 Å². The zero-order valence-electron chi connectivity index (χ0n) is 12.1. The fraction of sp³-hybridized carbons (Fsp3) is 0.235. The predicted molar refractivity (Wildman–Crippen MR) is 95.8 cm³/mol. The lowest BCUT2D eigenvalue weighted by Crippen LogP contribution is -2.36. The molecular formula is C17H20N2S2. The Morgan fingerprint density at radius 1 is 1.00 bits per heavy atom. The Bertz CT molecular complexity index is 570. The summed E-state index contributed by atoms with van der Waals surface area (Å²) in [4.78, 5) is 1.29. The molecule has 4 heteroatoms. The molecule has 0 aliphatic carbocycles. The molecule has 2 aromatic carbocycles. The molecule has 0 bridgehead atoms. The number of hydrogen-bond acceptors (Lipinski definition) is 2. The van der Waals surface area contributed by atoms with E-state index in [1.165, 1.54) is 16.0 Å². The summed E-state index contributed by atoms with van der Waals surface area (Å²) in [6, 6.07) is 18.7. The van der Waals surface area contributed by atoms with Crippen LogP contribution >= 0.6 is 24.0 Å². The lowest BCUT2D eigenvalue weighted by Gasteiger charge is -2.11. The molecule has 0 spiro atoms. The van der Waals surface area contributed by atoms with Crippen molar-refractivity contribution in [2.45, 2.75) is 18.4 Å². The Labute approximate surface area is 136 Å². The van der Waals surface area contributed by atoms with Crippen LogP contribution in [0.3, 0.4) is 0 Å². The van der Waals surface area contributed by atoms with Gasteiger partial charge in [-0.05, 0) is 42.4 Å². The largest absolute Gasteiger partial charge is 0.362 e. The highest BCUT2D eigenvalue weighted by Gasteiger charge is 1.99. The van der Waals surface area contributed by atoms with Gasteiger partial charge in [0, 0.05) is 23.7 Å². The third-order valence-electron chi connectivity index (χ3n) is 3.10. The van der Waals surface area contributed by atoms with Gasteiger partial charge in [-0.2, -0.15) is 0 Å². The number of benzene rings is 2. The first-order valence-electron chi connectivity index (χ1n) is 7.00. The summed E-state index contributed by atoms with van der Waals surface area (Å²) in [5, 5.41) is 7.21. The summed E-state index contributed by atoms with van der Waals surface area (Å²) < 4.78 is 0. The molecule has 110 valence electrons. The second-order valence-electron chi connectivity index (χ2n) is 4.70. The number of aryl methyl sites for hydroxylation is 1. The van der Waals surface area contributed by atoms with Gasteiger partial charge in [0.25, 0.3) is 0 Å². The van der Waals surface area contributed by atoms with Crippen LogP contribution in [0.15, 0.2) is 59.5 Å². The third kappa shape index (κ3) is 5.78. The molecule has 21 heavy (non-hydrogen) atoms. The van der Waals surface area contributed by atoms with Crippen LogP contribution in [0.2, 0.25) is 0 Å². The summed E-state index contributed by atoms with van der Waals surface area (Å²) >= 11 is 7.12. The van der Waals surface area contributed by atoms with Crippen LogP contribution in [0.5, 0.6) is 0 Å². The maximum atomic E-state index is 5.30. The van der Waals surface area contributed by atoms with Crippen molar-refractivity contribution in [3.63, 3.8) is 0 Å². The Kier molecular flexibility index (Phi) is 6.57. The number of hydrogen-bond donors (Lipinski definition) is 2. The summed E-state index contributed by atoms with van der Waals surface area (Å²) in [5.41, 5.74) is 2.56. The van der Waals surface area contributed by atoms with Gasteiger partial charge in [0.05, 0.1) is 0 Å². The van der Waals surface area contributed by atoms with Crippen LogP contribution < -0.4 is 10.6 Å². The predicted octanol–water partition coefficient (Wildman–Crippen LogP) is 3.75. The zero-order valence-corrected chi connectivity index (χ0v) is 13.8. The average molecular weight is 316 g/mol. The molecule has 0 atom stereocenters. The smallest absolute Gasteiger partial charge is 0.166 e. The Morgan fingerprint density at radius 3 is 2.48 bits per heavy atom. The molecule has 2 nitrogen and oxygen atoms in total. The first-order chi connectivity index (χ1) is 10.3. The Morgan fingerprint density at radius 2 is 1.71 bits per heavy atom. The van der Waals surface area contributed by atoms with Crippen LogP contribution in [0, 0.1) is 6.92 Å². The van der Waals surface area contributed by atoms with Gasteiger partial charge in [0.1, 0.15) is 0 Å². The molecule has 0 saturated carbocycles. The molecule has 0 heterocycles. The van der Waals surface area contributed by atoms with E-state index in [1.807, 2.05) is 17.8 Å². The van der Waals surface area contributed by atoms with Crippen molar-refractivity contribution in [2.75, 3.05) is 12.3 Å². The number of thioether (sulfide) groups is 1. The minimum absolute atomic E-state index is 0.715. The van der Waals surface area contributed by atoms with E-state index in [2.05, 4.69) is 66.1 Å². The first kappa shape index (κ1) is 15.9. The quantitative estimate of drug-likeness (QED) is 0.481. The van der Waals surface area contributed by atoms with Gasteiger partial charge in [-0.1, -0.05) is 42.5 Å².